The average molecular weight is 474 g/mol. The van der Waals surface area contributed by atoms with Crippen LogP contribution in [0.1, 0.15) is 6.42 Å². The molecule has 0 spiro atoms. The van der Waals surface area contributed by atoms with Crippen molar-refractivity contribution in [2.24, 2.45) is 0 Å². The quantitative estimate of drug-likeness (QED) is 0.609. The third-order valence-electron chi connectivity index (χ3n) is 4.60. The Labute approximate surface area is 185 Å². The molecule has 2 heterocycles. The third-order valence-corrected chi connectivity index (χ3v) is 4.60. The van der Waals surface area contributed by atoms with Gasteiger partial charge in [0.2, 0.25) is 0 Å². The van der Waals surface area contributed by atoms with E-state index in [1.54, 1.807) is 0 Å². The first-order chi connectivity index (χ1) is 11.0. The molecule has 2 fully saturated rings. The maximum atomic E-state index is 11.0. The van der Waals surface area contributed by atoms with E-state index in [1.165, 1.54) is 0 Å². The molecular weight excluding hydrogens is 442 g/mol. The van der Waals surface area contributed by atoms with Crippen LogP contribution in [-0.4, -0.2) is 120 Å². The van der Waals surface area contributed by atoms with Gasteiger partial charge in [-0.3, -0.25) is 19.4 Å². The van der Waals surface area contributed by atoms with Crippen molar-refractivity contribution >= 4 is 61.6 Å². The van der Waals surface area contributed by atoms with Crippen molar-refractivity contribution in [1.82, 2.24) is 19.6 Å². The van der Waals surface area contributed by atoms with Gasteiger partial charge in [-0.15, -0.1) is 49.6 Å². The van der Waals surface area contributed by atoms with Crippen LogP contribution >= 0.6 is 49.6 Å². The first-order valence-electron chi connectivity index (χ1n) is 8.36. The fourth-order valence-electron chi connectivity index (χ4n) is 3.24. The smallest absolute Gasteiger partial charge is 0.317 e. The molecule has 0 amide bonds. The Hall–Kier alpha value is -0.0600. The molecule has 164 valence electrons. The third kappa shape index (κ3) is 12.9. The molecule has 2 aliphatic rings. The van der Waals surface area contributed by atoms with Crippen LogP contribution in [0, 0.1) is 0 Å². The van der Waals surface area contributed by atoms with Crippen LogP contribution in [0.3, 0.4) is 0 Å². The number of fused-ring (bicyclic) bond motifs is 4. The predicted molar refractivity (Wildman–Crippen MR) is 115 cm³/mol. The fourth-order valence-corrected chi connectivity index (χ4v) is 3.24. The zero-order valence-corrected chi connectivity index (χ0v) is 18.6. The highest BCUT2D eigenvalue weighted by Crippen LogP contribution is 2.05. The number of hydrogen-bond acceptors (Lipinski definition) is 6. The van der Waals surface area contributed by atoms with E-state index in [9.17, 15) is 9.59 Å². The summed E-state index contributed by atoms with van der Waals surface area (Å²) in [7, 11) is 0. The molecule has 0 atom stereocenters. The van der Waals surface area contributed by atoms with Crippen molar-refractivity contribution in [1.29, 1.82) is 0 Å². The van der Waals surface area contributed by atoms with Gasteiger partial charge in [-0.1, -0.05) is 0 Å². The van der Waals surface area contributed by atoms with Crippen molar-refractivity contribution < 1.29 is 19.8 Å². The second-order valence-corrected chi connectivity index (χ2v) is 6.38. The number of rotatable bonds is 4. The molecule has 2 rings (SSSR count). The van der Waals surface area contributed by atoms with Crippen molar-refractivity contribution in [3.63, 3.8) is 0 Å². The van der Waals surface area contributed by atoms with Crippen molar-refractivity contribution in [3.8, 4) is 0 Å². The Morgan fingerprint density at radius 1 is 0.556 bits per heavy atom. The van der Waals surface area contributed by atoms with E-state index < -0.39 is 11.9 Å². The van der Waals surface area contributed by atoms with E-state index >= 15 is 0 Å². The van der Waals surface area contributed by atoms with E-state index in [0.29, 0.717) is 0 Å². The lowest BCUT2D eigenvalue weighted by atomic mass is 10.2. The minimum absolute atomic E-state index is 0. The van der Waals surface area contributed by atoms with Gasteiger partial charge in [0.25, 0.3) is 0 Å². The summed E-state index contributed by atoms with van der Waals surface area (Å²) in [6, 6.07) is 0. The Morgan fingerprint density at radius 2 is 0.852 bits per heavy atom. The van der Waals surface area contributed by atoms with Crippen LogP contribution in [-0.2, 0) is 9.59 Å². The van der Waals surface area contributed by atoms with Gasteiger partial charge in [0.05, 0.1) is 13.1 Å². The lowest BCUT2D eigenvalue weighted by Gasteiger charge is -2.36. The van der Waals surface area contributed by atoms with E-state index in [4.69, 9.17) is 10.2 Å². The number of carbonyl (C=O) groups is 2. The van der Waals surface area contributed by atoms with Gasteiger partial charge in [-0.2, -0.15) is 0 Å². The summed E-state index contributed by atoms with van der Waals surface area (Å²) in [5.41, 5.74) is 0. The Bertz CT molecular complexity index is 371. The Morgan fingerprint density at radius 3 is 1.11 bits per heavy atom. The second kappa shape index (κ2) is 16.9. The van der Waals surface area contributed by atoms with E-state index in [1.807, 2.05) is 9.80 Å². The minimum atomic E-state index is -0.778. The summed E-state index contributed by atoms with van der Waals surface area (Å²) in [4.78, 5) is 30.7. The summed E-state index contributed by atoms with van der Waals surface area (Å²) >= 11 is 0. The van der Waals surface area contributed by atoms with Crippen LogP contribution in [0.4, 0.5) is 0 Å². The molecule has 27 heavy (non-hydrogen) atoms. The van der Waals surface area contributed by atoms with Crippen LogP contribution in [0.15, 0.2) is 0 Å². The van der Waals surface area contributed by atoms with Crippen molar-refractivity contribution in [3.05, 3.63) is 0 Å². The molecule has 2 saturated heterocycles. The van der Waals surface area contributed by atoms with Crippen molar-refractivity contribution in [2.75, 3.05) is 78.5 Å². The molecule has 0 aliphatic carbocycles. The predicted octanol–water partition coefficient (Wildman–Crippen LogP) is 0.468. The summed E-state index contributed by atoms with van der Waals surface area (Å²) in [5.74, 6) is -1.56. The number of hydrogen-bond donors (Lipinski definition) is 2. The molecular formula is C15H32Cl4N4O4. The molecule has 0 radical (unpaired) electrons. The topological polar surface area (TPSA) is 87.6 Å². The molecule has 12 heteroatoms. The summed E-state index contributed by atoms with van der Waals surface area (Å²) in [6.45, 7) is 8.51. The lowest BCUT2D eigenvalue weighted by Crippen LogP contribution is -2.49. The van der Waals surface area contributed by atoms with Gasteiger partial charge in [-0.25, -0.2) is 0 Å². The number of nitrogens with zero attached hydrogens (tertiary/aromatic N) is 4. The van der Waals surface area contributed by atoms with Crippen molar-refractivity contribution in [2.45, 2.75) is 6.42 Å². The van der Waals surface area contributed by atoms with Gasteiger partial charge < -0.3 is 20.0 Å². The SMILES string of the molecule is Cl.Cl.Cl.Cl.O=C(O)CN1CCN2CCCN(CC1)CCN(CC(=O)O)CC2. The zero-order valence-electron chi connectivity index (χ0n) is 15.3. The van der Waals surface area contributed by atoms with E-state index in [-0.39, 0.29) is 62.7 Å². The normalized spacial score (nSPS) is 24.3. The molecule has 0 aromatic carbocycles. The van der Waals surface area contributed by atoms with Crippen LogP contribution in [0.5, 0.6) is 0 Å². The first kappa shape index (κ1) is 31.6. The first-order valence-corrected chi connectivity index (χ1v) is 8.36. The number of carboxylic acids is 2. The van der Waals surface area contributed by atoms with Crippen LogP contribution < -0.4 is 0 Å². The number of aliphatic carboxylic acids is 2. The number of carboxylic acid groups (broad SMARTS) is 2. The monoisotopic (exact) mass is 472 g/mol. The highest BCUT2D eigenvalue weighted by molar-refractivity contribution is 5.86. The highest BCUT2D eigenvalue weighted by atomic mass is 35.5. The Kier molecular flexibility index (Phi) is 19.7. The highest BCUT2D eigenvalue weighted by Gasteiger charge is 2.20. The second-order valence-electron chi connectivity index (χ2n) is 6.38. The lowest BCUT2D eigenvalue weighted by molar-refractivity contribution is -0.139. The largest absolute Gasteiger partial charge is 0.480 e. The van der Waals surface area contributed by atoms with E-state index in [0.717, 1.165) is 71.9 Å². The minimum Gasteiger partial charge on any atom is -0.480 e. The molecule has 0 saturated carbocycles. The molecule has 0 aromatic heterocycles. The van der Waals surface area contributed by atoms with Crippen LogP contribution in [0.25, 0.3) is 0 Å². The maximum Gasteiger partial charge on any atom is 0.317 e. The van der Waals surface area contributed by atoms with Gasteiger partial charge in [0, 0.05) is 52.4 Å². The van der Waals surface area contributed by atoms with Gasteiger partial charge in [0.15, 0.2) is 0 Å². The summed E-state index contributed by atoms with van der Waals surface area (Å²) in [5, 5.41) is 18.1. The summed E-state index contributed by atoms with van der Waals surface area (Å²) < 4.78 is 0. The fraction of sp³-hybridized carbons (Fsp3) is 0.867. The maximum absolute atomic E-state index is 11.0. The molecule has 0 unspecified atom stereocenters. The molecule has 2 aliphatic heterocycles. The van der Waals surface area contributed by atoms with Gasteiger partial charge in [-0.05, 0) is 19.5 Å². The average Bonchev–Trinajstić information content (AvgIpc) is 2.48. The Balaban J connectivity index is -0.00000144. The number of halogens is 4. The van der Waals surface area contributed by atoms with Crippen LogP contribution in [0.2, 0.25) is 0 Å². The van der Waals surface area contributed by atoms with Gasteiger partial charge >= 0.3 is 11.9 Å². The molecule has 0 aromatic rings. The van der Waals surface area contributed by atoms with Gasteiger partial charge in [0.1, 0.15) is 0 Å². The molecule has 2 bridgehead atoms. The summed E-state index contributed by atoms with van der Waals surface area (Å²) in [6.07, 6.45) is 1.11. The van der Waals surface area contributed by atoms with E-state index in [2.05, 4.69) is 9.80 Å². The molecule has 8 nitrogen and oxygen atoms in total. The zero-order chi connectivity index (χ0) is 16.7. The standard InChI is InChI=1S/C15H28N4O4.4ClH/c20-14(21)12-18-8-4-16-2-1-3-17(6-10-18)7-11-19(9-5-16)13-15(22)23;;;;/h1-13H2,(H,20,21)(H,22,23);4*1H. The molecule has 2 N–H and O–H groups in total.